The Kier molecular flexibility index (Phi) is 3.37. The van der Waals surface area contributed by atoms with E-state index in [2.05, 4.69) is 16.8 Å². The number of carbonyl (C=O) groups is 1. The van der Waals surface area contributed by atoms with Crippen molar-refractivity contribution in [3.05, 3.63) is 15.6 Å². The van der Waals surface area contributed by atoms with Crippen LogP contribution in [0.1, 0.15) is 47.7 Å². The molecule has 3 nitrogen and oxygen atoms in total. The molecule has 1 aliphatic heterocycles. The first kappa shape index (κ1) is 12.2. The first-order chi connectivity index (χ1) is 8.74. The number of nitrogens with zero attached hydrogens (tertiary/aromatic N) is 2. The van der Waals surface area contributed by atoms with E-state index in [4.69, 9.17) is 0 Å². The zero-order chi connectivity index (χ0) is 12.5. The highest BCUT2D eigenvalue weighted by molar-refractivity contribution is 7.11. The number of amides is 1. The molecule has 98 valence electrons. The van der Waals surface area contributed by atoms with Crippen LogP contribution in [0.3, 0.4) is 0 Å². The van der Waals surface area contributed by atoms with Crippen molar-refractivity contribution < 1.29 is 4.79 Å². The quantitative estimate of drug-likeness (QED) is 0.781. The van der Waals surface area contributed by atoms with E-state index in [0.717, 1.165) is 37.4 Å². The van der Waals surface area contributed by atoms with Crippen LogP contribution in [0.2, 0.25) is 0 Å². The molecule has 2 aliphatic rings. The van der Waals surface area contributed by atoms with Crippen molar-refractivity contribution in [3.63, 3.8) is 0 Å². The Morgan fingerprint density at radius 1 is 1.33 bits per heavy atom. The Bertz CT molecular complexity index is 449. The summed E-state index contributed by atoms with van der Waals surface area (Å²) in [6.07, 6.45) is 6.91. The second kappa shape index (κ2) is 5.00. The molecule has 1 aromatic heterocycles. The summed E-state index contributed by atoms with van der Waals surface area (Å²) < 4.78 is 0. The van der Waals surface area contributed by atoms with Gasteiger partial charge >= 0.3 is 0 Å². The molecule has 0 aromatic carbocycles. The van der Waals surface area contributed by atoms with Gasteiger partial charge in [-0.25, -0.2) is 4.98 Å². The maximum absolute atomic E-state index is 12.5. The van der Waals surface area contributed by atoms with Gasteiger partial charge in [0.25, 0.3) is 0 Å². The van der Waals surface area contributed by atoms with Crippen molar-refractivity contribution in [1.29, 1.82) is 0 Å². The van der Waals surface area contributed by atoms with Gasteiger partial charge in [-0.3, -0.25) is 4.79 Å². The highest BCUT2D eigenvalue weighted by atomic mass is 32.1. The first-order valence-corrected chi connectivity index (χ1v) is 7.79. The lowest BCUT2D eigenvalue weighted by molar-refractivity contribution is -0.137. The number of hydrogen-bond donors (Lipinski definition) is 0. The summed E-state index contributed by atoms with van der Waals surface area (Å²) in [7, 11) is 0. The van der Waals surface area contributed by atoms with Gasteiger partial charge in [-0.15, -0.1) is 11.3 Å². The SMILES string of the molecule is Cc1nc2c(s1)CN(C(=O)C1CCCCC1)CC2. The average Bonchev–Trinajstić information content (AvgIpc) is 2.78. The van der Waals surface area contributed by atoms with Crippen molar-refractivity contribution in [2.45, 2.75) is 52.0 Å². The molecule has 2 heterocycles. The Labute approximate surface area is 112 Å². The van der Waals surface area contributed by atoms with Crippen LogP contribution in [-0.2, 0) is 17.8 Å². The molecule has 1 aliphatic carbocycles. The molecule has 0 spiro atoms. The third-order valence-corrected chi connectivity index (χ3v) is 5.10. The smallest absolute Gasteiger partial charge is 0.226 e. The Morgan fingerprint density at radius 3 is 2.89 bits per heavy atom. The first-order valence-electron chi connectivity index (χ1n) is 6.98. The number of aryl methyl sites for hydroxylation is 1. The molecular formula is C14H20N2OS. The van der Waals surface area contributed by atoms with Crippen LogP contribution in [0.25, 0.3) is 0 Å². The fourth-order valence-corrected chi connectivity index (χ4v) is 4.12. The molecule has 1 fully saturated rings. The van der Waals surface area contributed by atoms with Gasteiger partial charge in [0.05, 0.1) is 17.2 Å². The molecular weight excluding hydrogens is 244 g/mol. The van der Waals surface area contributed by atoms with E-state index in [-0.39, 0.29) is 0 Å². The van der Waals surface area contributed by atoms with Crippen molar-refractivity contribution in [3.8, 4) is 0 Å². The number of carbonyl (C=O) groups excluding carboxylic acids is 1. The maximum Gasteiger partial charge on any atom is 0.226 e. The maximum atomic E-state index is 12.5. The lowest BCUT2D eigenvalue weighted by Crippen LogP contribution is -2.40. The number of rotatable bonds is 1. The van der Waals surface area contributed by atoms with E-state index in [1.807, 2.05) is 0 Å². The monoisotopic (exact) mass is 264 g/mol. The zero-order valence-corrected chi connectivity index (χ0v) is 11.8. The van der Waals surface area contributed by atoms with Gasteiger partial charge in [0, 0.05) is 23.8 Å². The van der Waals surface area contributed by atoms with Crippen molar-refractivity contribution in [2.24, 2.45) is 5.92 Å². The fourth-order valence-electron chi connectivity index (χ4n) is 3.12. The van der Waals surface area contributed by atoms with Crippen molar-refractivity contribution in [1.82, 2.24) is 9.88 Å². The van der Waals surface area contributed by atoms with E-state index in [9.17, 15) is 4.79 Å². The summed E-state index contributed by atoms with van der Waals surface area (Å²) >= 11 is 1.75. The van der Waals surface area contributed by atoms with Gasteiger partial charge in [0.15, 0.2) is 0 Å². The van der Waals surface area contributed by atoms with Crippen LogP contribution in [0.5, 0.6) is 0 Å². The molecule has 18 heavy (non-hydrogen) atoms. The summed E-state index contributed by atoms with van der Waals surface area (Å²) in [5.74, 6) is 0.695. The molecule has 0 saturated heterocycles. The summed E-state index contributed by atoms with van der Waals surface area (Å²) in [6.45, 7) is 3.72. The van der Waals surface area contributed by atoms with E-state index in [1.54, 1.807) is 11.3 Å². The van der Waals surface area contributed by atoms with Crippen LogP contribution in [0, 0.1) is 12.8 Å². The normalized spacial score (nSPS) is 20.8. The minimum absolute atomic E-state index is 0.300. The van der Waals surface area contributed by atoms with Gasteiger partial charge in [0.1, 0.15) is 0 Å². The summed E-state index contributed by atoms with van der Waals surface area (Å²) in [4.78, 5) is 20.4. The molecule has 3 rings (SSSR count). The van der Waals surface area contributed by atoms with Gasteiger partial charge < -0.3 is 4.90 Å². The van der Waals surface area contributed by atoms with Crippen molar-refractivity contribution in [2.75, 3.05) is 6.54 Å². The third kappa shape index (κ3) is 2.30. The predicted octanol–water partition coefficient (Wildman–Crippen LogP) is 2.92. The van der Waals surface area contributed by atoms with Crippen LogP contribution >= 0.6 is 11.3 Å². The highest BCUT2D eigenvalue weighted by Gasteiger charge is 2.29. The zero-order valence-electron chi connectivity index (χ0n) is 10.9. The van der Waals surface area contributed by atoms with Crippen LogP contribution in [-0.4, -0.2) is 22.3 Å². The van der Waals surface area contributed by atoms with E-state index >= 15 is 0 Å². The lowest BCUT2D eigenvalue weighted by Gasteiger charge is -2.31. The van der Waals surface area contributed by atoms with E-state index in [0.29, 0.717) is 11.8 Å². The van der Waals surface area contributed by atoms with Crippen LogP contribution in [0.15, 0.2) is 0 Å². The van der Waals surface area contributed by atoms with Crippen LogP contribution in [0.4, 0.5) is 0 Å². The molecule has 0 atom stereocenters. The van der Waals surface area contributed by atoms with E-state index in [1.165, 1.54) is 29.8 Å². The van der Waals surface area contributed by atoms with Crippen molar-refractivity contribution >= 4 is 17.2 Å². The predicted molar refractivity (Wildman–Crippen MR) is 72.5 cm³/mol. The van der Waals surface area contributed by atoms with Crippen LogP contribution < -0.4 is 0 Å². The largest absolute Gasteiger partial charge is 0.337 e. The molecule has 0 bridgehead atoms. The number of hydrogen-bond acceptors (Lipinski definition) is 3. The third-order valence-electron chi connectivity index (χ3n) is 4.10. The average molecular weight is 264 g/mol. The second-order valence-corrected chi connectivity index (χ2v) is 6.74. The van der Waals surface area contributed by atoms with Gasteiger partial charge in [-0.2, -0.15) is 0 Å². The molecule has 1 amide bonds. The van der Waals surface area contributed by atoms with Gasteiger partial charge in [-0.1, -0.05) is 19.3 Å². The Hall–Kier alpha value is -0.900. The standard InChI is InChI=1S/C14H20N2OS/c1-10-15-12-7-8-16(9-13(12)18-10)14(17)11-5-3-2-4-6-11/h11H,2-9H2,1H3. The molecule has 1 aromatic rings. The molecule has 4 heteroatoms. The second-order valence-electron chi connectivity index (χ2n) is 5.45. The number of fused-ring (bicyclic) bond motifs is 1. The summed E-state index contributed by atoms with van der Waals surface area (Å²) in [5.41, 5.74) is 1.23. The number of thiazole rings is 1. The summed E-state index contributed by atoms with van der Waals surface area (Å²) in [5, 5.41) is 1.13. The number of aromatic nitrogens is 1. The Balaban J connectivity index is 1.69. The minimum Gasteiger partial charge on any atom is -0.337 e. The Morgan fingerprint density at radius 2 is 2.11 bits per heavy atom. The van der Waals surface area contributed by atoms with E-state index < -0.39 is 0 Å². The fraction of sp³-hybridized carbons (Fsp3) is 0.714. The topological polar surface area (TPSA) is 33.2 Å². The molecule has 0 N–H and O–H groups in total. The summed E-state index contributed by atoms with van der Waals surface area (Å²) in [6, 6.07) is 0. The molecule has 0 radical (unpaired) electrons. The van der Waals surface area contributed by atoms with Gasteiger partial charge in [0.2, 0.25) is 5.91 Å². The molecule has 1 saturated carbocycles. The highest BCUT2D eigenvalue weighted by Crippen LogP contribution is 2.29. The van der Waals surface area contributed by atoms with Gasteiger partial charge in [-0.05, 0) is 19.8 Å². The lowest BCUT2D eigenvalue weighted by atomic mass is 9.88. The molecule has 0 unspecified atom stereocenters. The minimum atomic E-state index is 0.300.